The van der Waals surface area contributed by atoms with Gasteiger partial charge in [-0.05, 0) is 31.5 Å². The molecular formula is C15H17ClN4O2S. The molecule has 3 rings (SSSR count). The van der Waals surface area contributed by atoms with E-state index < -0.39 is 9.84 Å². The Morgan fingerprint density at radius 2 is 2.09 bits per heavy atom. The van der Waals surface area contributed by atoms with Gasteiger partial charge in [0.05, 0.1) is 11.5 Å². The molecule has 1 aliphatic heterocycles. The van der Waals surface area contributed by atoms with Crippen molar-refractivity contribution in [3.8, 4) is 0 Å². The molecule has 0 bridgehead atoms. The molecule has 2 N–H and O–H groups in total. The third kappa shape index (κ3) is 4.33. The maximum atomic E-state index is 11.5. The number of rotatable bonds is 4. The number of anilines is 3. The predicted octanol–water partition coefficient (Wildman–Crippen LogP) is 2.78. The minimum absolute atomic E-state index is 0.103. The highest BCUT2D eigenvalue weighted by Crippen LogP contribution is 2.21. The van der Waals surface area contributed by atoms with Gasteiger partial charge >= 0.3 is 0 Å². The highest BCUT2D eigenvalue weighted by Gasteiger charge is 2.28. The van der Waals surface area contributed by atoms with E-state index >= 15 is 0 Å². The largest absolute Gasteiger partial charge is 0.366 e. The number of halogens is 1. The van der Waals surface area contributed by atoms with Crippen LogP contribution in [-0.2, 0) is 9.84 Å². The van der Waals surface area contributed by atoms with Gasteiger partial charge in [-0.2, -0.15) is 4.98 Å². The van der Waals surface area contributed by atoms with Gasteiger partial charge in [0.2, 0.25) is 5.95 Å². The van der Waals surface area contributed by atoms with Crippen LogP contribution in [0.2, 0.25) is 5.02 Å². The molecule has 0 aliphatic carbocycles. The van der Waals surface area contributed by atoms with Crippen molar-refractivity contribution in [2.75, 3.05) is 22.1 Å². The smallest absolute Gasteiger partial charge is 0.229 e. The second-order valence-corrected chi connectivity index (χ2v) is 8.26. The van der Waals surface area contributed by atoms with Crippen LogP contribution in [-0.4, -0.2) is 35.9 Å². The van der Waals surface area contributed by atoms with E-state index in [1.165, 1.54) is 0 Å². The van der Waals surface area contributed by atoms with Crippen molar-refractivity contribution in [3.05, 3.63) is 41.0 Å². The van der Waals surface area contributed by atoms with Crippen LogP contribution in [0.25, 0.3) is 0 Å². The minimum atomic E-state index is -2.93. The molecule has 0 spiro atoms. The first-order valence-corrected chi connectivity index (χ1v) is 9.45. The van der Waals surface area contributed by atoms with Gasteiger partial charge in [0, 0.05) is 28.5 Å². The summed E-state index contributed by atoms with van der Waals surface area (Å²) >= 11 is 5.96. The Morgan fingerprint density at radius 3 is 2.78 bits per heavy atom. The van der Waals surface area contributed by atoms with E-state index in [1.807, 2.05) is 19.1 Å². The average molecular weight is 353 g/mol. The van der Waals surface area contributed by atoms with Gasteiger partial charge in [-0.3, -0.25) is 0 Å². The molecule has 122 valence electrons. The molecule has 2 heterocycles. The molecule has 6 nitrogen and oxygen atoms in total. The van der Waals surface area contributed by atoms with Crippen LogP contribution in [0.4, 0.5) is 17.5 Å². The molecule has 2 aromatic rings. The lowest BCUT2D eigenvalue weighted by Gasteiger charge is -2.13. The topological polar surface area (TPSA) is 84.0 Å². The van der Waals surface area contributed by atoms with Gasteiger partial charge in [0.1, 0.15) is 5.82 Å². The number of hydrogen-bond acceptors (Lipinski definition) is 6. The second-order valence-electron chi connectivity index (χ2n) is 5.60. The Hall–Kier alpha value is -1.86. The second kappa shape index (κ2) is 6.33. The van der Waals surface area contributed by atoms with E-state index in [0.29, 0.717) is 23.2 Å². The molecule has 1 aromatic carbocycles. The maximum absolute atomic E-state index is 11.5. The number of aromatic nitrogens is 2. The summed E-state index contributed by atoms with van der Waals surface area (Å²) in [6.07, 6.45) is 0.600. The van der Waals surface area contributed by atoms with Crippen molar-refractivity contribution >= 4 is 38.9 Å². The fourth-order valence-electron chi connectivity index (χ4n) is 2.51. The molecule has 1 unspecified atom stereocenters. The molecule has 0 saturated carbocycles. The summed E-state index contributed by atoms with van der Waals surface area (Å²) < 4.78 is 23.1. The Kier molecular flexibility index (Phi) is 4.41. The van der Waals surface area contributed by atoms with E-state index in [9.17, 15) is 8.42 Å². The number of nitrogens with zero attached hydrogens (tertiary/aromatic N) is 2. The van der Waals surface area contributed by atoms with Crippen LogP contribution < -0.4 is 10.6 Å². The standard InChI is InChI=1S/C15H17ClN4O2S/c1-10-7-14(18-13-5-6-23(21,22)9-13)20-15(17-10)19-12-4-2-3-11(16)8-12/h2-4,7-8,13H,5-6,9H2,1H3,(H2,17,18,19,20). The zero-order valence-electron chi connectivity index (χ0n) is 12.6. The van der Waals surface area contributed by atoms with Gasteiger partial charge in [-0.1, -0.05) is 17.7 Å². The van der Waals surface area contributed by atoms with Gasteiger partial charge < -0.3 is 10.6 Å². The van der Waals surface area contributed by atoms with Crippen LogP contribution >= 0.6 is 11.6 Å². The van der Waals surface area contributed by atoms with Crippen LogP contribution in [0.15, 0.2) is 30.3 Å². The monoisotopic (exact) mass is 352 g/mol. The van der Waals surface area contributed by atoms with Crippen molar-refractivity contribution in [1.82, 2.24) is 9.97 Å². The molecule has 1 aliphatic rings. The van der Waals surface area contributed by atoms with E-state index in [-0.39, 0.29) is 17.5 Å². The number of benzene rings is 1. The fourth-order valence-corrected chi connectivity index (χ4v) is 4.38. The third-order valence-electron chi connectivity index (χ3n) is 3.52. The average Bonchev–Trinajstić information content (AvgIpc) is 2.77. The molecule has 1 aromatic heterocycles. The third-order valence-corrected chi connectivity index (χ3v) is 5.52. The van der Waals surface area contributed by atoms with Crippen molar-refractivity contribution in [2.45, 2.75) is 19.4 Å². The molecule has 0 amide bonds. The van der Waals surface area contributed by atoms with Gasteiger partial charge in [0.15, 0.2) is 9.84 Å². The zero-order chi connectivity index (χ0) is 16.4. The van der Waals surface area contributed by atoms with Crippen molar-refractivity contribution < 1.29 is 8.42 Å². The van der Waals surface area contributed by atoms with E-state index in [1.54, 1.807) is 18.2 Å². The predicted molar refractivity (Wildman–Crippen MR) is 92.2 cm³/mol. The first kappa shape index (κ1) is 16.0. The Morgan fingerprint density at radius 1 is 1.26 bits per heavy atom. The lowest BCUT2D eigenvalue weighted by atomic mass is 10.2. The molecule has 1 atom stereocenters. The fraction of sp³-hybridized carbons (Fsp3) is 0.333. The molecule has 1 saturated heterocycles. The first-order chi connectivity index (χ1) is 10.9. The van der Waals surface area contributed by atoms with E-state index in [2.05, 4.69) is 20.6 Å². The van der Waals surface area contributed by atoms with E-state index in [0.717, 1.165) is 11.4 Å². The van der Waals surface area contributed by atoms with Crippen LogP contribution in [0.3, 0.4) is 0 Å². The lowest BCUT2D eigenvalue weighted by Crippen LogP contribution is -2.21. The summed E-state index contributed by atoms with van der Waals surface area (Å²) in [5, 5.41) is 6.90. The Bertz CT molecular complexity index is 826. The van der Waals surface area contributed by atoms with Crippen molar-refractivity contribution in [3.63, 3.8) is 0 Å². The summed E-state index contributed by atoms with van der Waals surface area (Å²) in [6.45, 7) is 1.86. The number of sulfone groups is 1. The lowest BCUT2D eigenvalue weighted by molar-refractivity contribution is 0.602. The Balaban J connectivity index is 1.76. The molecule has 23 heavy (non-hydrogen) atoms. The van der Waals surface area contributed by atoms with Crippen LogP contribution in [0.5, 0.6) is 0 Å². The zero-order valence-corrected chi connectivity index (χ0v) is 14.2. The number of hydrogen-bond donors (Lipinski definition) is 2. The van der Waals surface area contributed by atoms with Gasteiger partial charge in [-0.25, -0.2) is 13.4 Å². The molecule has 8 heteroatoms. The molecule has 0 radical (unpaired) electrons. The van der Waals surface area contributed by atoms with Crippen LogP contribution in [0.1, 0.15) is 12.1 Å². The highest BCUT2D eigenvalue weighted by atomic mass is 35.5. The van der Waals surface area contributed by atoms with Gasteiger partial charge in [-0.15, -0.1) is 0 Å². The minimum Gasteiger partial charge on any atom is -0.366 e. The normalized spacial score (nSPS) is 19.5. The Labute approximate surface area is 140 Å². The SMILES string of the molecule is Cc1cc(NC2CCS(=O)(=O)C2)nc(Nc2cccc(Cl)c2)n1. The molecular weight excluding hydrogens is 336 g/mol. The summed E-state index contributed by atoms with van der Waals surface area (Å²) in [6, 6.07) is 8.97. The highest BCUT2D eigenvalue weighted by molar-refractivity contribution is 7.91. The summed E-state index contributed by atoms with van der Waals surface area (Å²) in [4.78, 5) is 8.74. The van der Waals surface area contributed by atoms with Crippen molar-refractivity contribution in [2.24, 2.45) is 0 Å². The van der Waals surface area contributed by atoms with Gasteiger partial charge in [0.25, 0.3) is 0 Å². The summed E-state index contributed by atoms with van der Waals surface area (Å²) in [5.41, 5.74) is 1.57. The molecule has 1 fully saturated rings. The number of nitrogens with one attached hydrogen (secondary N) is 2. The quantitative estimate of drug-likeness (QED) is 0.880. The number of aryl methyl sites for hydroxylation is 1. The summed E-state index contributed by atoms with van der Waals surface area (Å²) in [7, 11) is -2.93. The maximum Gasteiger partial charge on any atom is 0.229 e. The first-order valence-electron chi connectivity index (χ1n) is 7.25. The van der Waals surface area contributed by atoms with Crippen molar-refractivity contribution in [1.29, 1.82) is 0 Å². The van der Waals surface area contributed by atoms with E-state index in [4.69, 9.17) is 11.6 Å². The summed E-state index contributed by atoms with van der Waals surface area (Å²) in [5.74, 6) is 1.43. The van der Waals surface area contributed by atoms with Crippen LogP contribution in [0, 0.1) is 6.92 Å².